The van der Waals surface area contributed by atoms with Crippen LogP contribution in [0.4, 0.5) is 15.8 Å². The molecule has 0 amide bonds. The average molecular weight is 477 g/mol. The highest BCUT2D eigenvalue weighted by Crippen LogP contribution is 2.47. The van der Waals surface area contributed by atoms with E-state index >= 15 is 0 Å². The molecule has 2 fully saturated rings. The molecular formula is C28H33FN4S. The largest absolute Gasteiger partial charge is 0.369 e. The van der Waals surface area contributed by atoms with E-state index in [9.17, 15) is 4.39 Å². The minimum Gasteiger partial charge on any atom is -0.369 e. The molecule has 6 rings (SSSR count). The summed E-state index contributed by atoms with van der Waals surface area (Å²) < 4.78 is 14.2. The molecule has 1 N–H and O–H groups in total. The van der Waals surface area contributed by atoms with E-state index < -0.39 is 6.17 Å². The quantitative estimate of drug-likeness (QED) is 0.612. The van der Waals surface area contributed by atoms with Crippen LogP contribution in [0.1, 0.15) is 47.0 Å². The zero-order valence-corrected chi connectivity index (χ0v) is 20.7. The van der Waals surface area contributed by atoms with E-state index in [4.69, 9.17) is 4.99 Å². The van der Waals surface area contributed by atoms with Crippen molar-refractivity contribution in [2.75, 3.05) is 37.6 Å². The van der Waals surface area contributed by atoms with Gasteiger partial charge in [-0.25, -0.2) is 4.39 Å². The van der Waals surface area contributed by atoms with E-state index in [0.717, 1.165) is 51.3 Å². The van der Waals surface area contributed by atoms with Gasteiger partial charge in [-0.2, -0.15) is 0 Å². The van der Waals surface area contributed by atoms with Crippen molar-refractivity contribution in [3.8, 4) is 0 Å². The van der Waals surface area contributed by atoms with Gasteiger partial charge in [-0.1, -0.05) is 30.4 Å². The predicted molar refractivity (Wildman–Crippen MR) is 141 cm³/mol. The van der Waals surface area contributed by atoms with Crippen LogP contribution in [0.3, 0.4) is 0 Å². The fourth-order valence-corrected chi connectivity index (χ4v) is 7.10. The molecule has 3 unspecified atom stereocenters. The van der Waals surface area contributed by atoms with Crippen LogP contribution in [0.25, 0.3) is 0 Å². The standard InChI is InChI=1S/C28H33FN4S/c1-19-16-25-28(34-19)27(33-13-3-6-26(33)21-4-2-5-22(29)17-21)18-24(31-25)20-7-9-23(10-8-20)32-14-11-30-12-15-32/h2,4-5,7-10,16,22,26-27,30H,3,6,11-15,17-18H2,1H3. The predicted octanol–water partition coefficient (Wildman–Crippen LogP) is 5.72. The van der Waals surface area contributed by atoms with Gasteiger partial charge in [0.2, 0.25) is 0 Å². The minimum absolute atomic E-state index is 0.311. The number of hydrogen-bond acceptors (Lipinski definition) is 5. The number of alkyl halides is 1. The number of nitrogens with zero attached hydrogens (tertiary/aromatic N) is 3. The topological polar surface area (TPSA) is 30.9 Å². The van der Waals surface area contributed by atoms with Gasteiger partial charge in [0, 0.05) is 60.5 Å². The monoisotopic (exact) mass is 476 g/mol. The van der Waals surface area contributed by atoms with E-state index in [1.165, 1.54) is 38.7 Å². The van der Waals surface area contributed by atoms with Crippen molar-refractivity contribution in [1.29, 1.82) is 0 Å². The lowest BCUT2D eigenvalue weighted by atomic mass is 9.92. The lowest BCUT2D eigenvalue weighted by Crippen LogP contribution is -2.43. The molecule has 1 aromatic heterocycles. The molecule has 1 aromatic carbocycles. The zero-order chi connectivity index (χ0) is 23.1. The van der Waals surface area contributed by atoms with Crippen LogP contribution in [-0.4, -0.2) is 55.5 Å². The Morgan fingerprint density at radius 1 is 1.06 bits per heavy atom. The van der Waals surface area contributed by atoms with Crippen LogP contribution in [0, 0.1) is 6.92 Å². The number of nitrogens with one attached hydrogen (secondary N) is 1. The first kappa shape index (κ1) is 22.2. The number of rotatable bonds is 4. The third kappa shape index (κ3) is 4.28. The minimum atomic E-state index is -0.848. The molecule has 3 aliphatic heterocycles. The first-order valence-corrected chi connectivity index (χ1v) is 13.5. The Hall–Kier alpha value is -2.28. The maximum atomic E-state index is 14.2. The van der Waals surface area contributed by atoms with Gasteiger partial charge in [-0.3, -0.25) is 9.89 Å². The van der Waals surface area contributed by atoms with Gasteiger partial charge in [0.15, 0.2) is 0 Å². The lowest BCUT2D eigenvalue weighted by molar-refractivity contribution is 0.200. The number of halogens is 1. The van der Waals surface area contributed by atoms with Crippen molar-refractivity contribution < 1.29 is 4.39 Å². The molecule has 0 saturated carbocycles. The second-order valence-corrected chi connectivity index (χ2v) is 11.2. The van der Waals surface area contributed by atoms with Crippen molar-refractivity contribution in [3.05, 3.63) is 69.5 Å². The number of likely N-dealkylation sites (tertiary alicyclic amines) is 1. The van der Waals surface area contributed by atoms with Crippen LogP contribution in [0.2, 0.25) is 0 Å². The Kier molecular flexibility index (Phi) is 6.14. The number of anilines is 1. The molecule has 0 spiro atoms. The first-order valence-electron chi connectivity index (χ1n) is 12.7. The molecule has 2 aromatic rings. The number of allylic oxidation sites excluding steroid dienone is 3. The summed E-state index contributed by atoms with van der Waals surface area (Å²) in [5.74, 6) is 0. The third-order valence-corrected chi connectivity index (χ3v) is 8.82. The van der Waals surface area contributed by atoms with Crippen molar-refractivity contribution in [1.82, 2.24) is 10.2 Å². The van der Waals surface area contributed by atoms with Crippen LogP contribution in [-0.2, 0) is 0 Å². The molecule has 178 valence electrons. The second kappa shape index (κ2) is 9.40. The molecule has 4 aliphatic rings. The Balaban J connectivity index is 1.29. The summed E-state index contributed by atoms with van der Waals surface area (Å²) in [5.41, 5.74) is 6.08. The Morgan fingerprint density at radius 3 is 2.68 bits per heavy atom. The van der Waals surface area contributed by atoms with Crippen LogP contribution in [0.15, 0.2) is 59.1 Å². The molecule has 2 saturated heterocycles. The molecule has 34 heavy (non-hydrogen) atoms. The summed E-state index contributed by atoms with van der Waals surface area (Å²) in [4.78, 5) is 12.9. The number of fused-ring (bicyclic) bond motifs is 1. The lowest BCUT2D eigenvalue weighted by Gasteiger charge is -2.37. The average Bonchev–Trinajstić information content (AvgIpc) is 3.50. The van der Waals surface area contributed by atoms with E-state index in [1.54, 1.807) is 6.08 Å². The molecule has 3 atom stereocenters. The summed E-state index contributed by atoms with van der Waals surface area (Å²) in [7, 11) is 0. The molecule has 4 heterocycles. The second-order valence-electron chi connectivity index (χ2n) is 9.91. The molecule has 1 aliphatic carbocycles. The summed E-state index contributed by atoms with van der Waals surface area (Å²) in [6.45, 7) is 7.45. The number of hydrogen-bond donors (Lipinski definition) is 1. The van der Waals surface area contributed by atoms with Crippen molar-refractivity contribution in [2.24, 2.45) is 4.99 Å². The van der Waals surface area contributed by atoms with Crippen LogP contribution in [0.5, 0.6) is 0 Å². The van der Waals surface area contributed by atoms with Crippen LogP contribution >= 0.6 is 11.3 Å². The number of aliphatic imine (C=N–C) groups is 1. The van der Waals surface area contributed by atoms with E-state index in [-0.39, 0.29) is 0 Å². The number of thiophene rings is 1. The normalized spacial score (nSPS) is 27.5. The summed E-state index contributed by atoms with van der Waals surface area (Å²) in [6, 6.07) is 11.9. The smallest absolute Gasteiger partial charge is 0.122 e. The highest BCUT2D eigenvalue weighted by Gasteiger charge is 2.38. The van der Waals surface area contributed by atoms with Gasteiger partial charge >= 0.3 is 0 Å². The number of aryl methyl sites for hydroxylation is 1. The molecular weight excluding hydrogens is 443 g/mol. The van der Waals surface area contributed by atoms with Gasteiger partial charge < -0.3 is 10.2 Å². The van der Waals surface area contributed by atoms with Gasteiger partial charge in [0.05, 0.1) is 17.4 Å². The Bertz CT molecular complexity index is 1130. The summed E-state index contributed by atoms with van der Waals surface area (Å²) >= 11 is 1.88. The van der Waals surface area contributed by atoms with Crippen molar-refractivity contribution in [3.63, 3.8) is 0 Å². The van der Waals surface area contributed by atoms with Gasteiger partial charge in [0.25, 0.3) is 0 Å². The fraction of sp³-hybridized carbons (Fsp3) is 0.464. The maximum absolute atomic E-state index is 14.2. The maximum Gasteiger partial charge on any atom is 0.122 e. The number of piperazine rings is 1. The summed E-state index contributed by atoms with van der Waals surface area (Å²) in [5, 5.41) is 3.43. The molecule has 0 radical (unpaired) electrons. The van der Waals surface area contributed by atoms with Gasteiger partial charge in [0.1, 0.15) is 6.17 Å². The van der Waals surface area contributed by atoms with Crippen molar-refractivity contribution in [2.45, 2.75) is 50.9 Å². The molecule has 6 heteroatoms. The third-order valence-electron chi connectivity index (χ3n) is 7.67. The van der Waals surface area contributed by atoms with Gasteiger partial charge in [-0.15, -0.1) is 11.3 Å². The fourth-order valence-electron chi connectivity index (χ4n) is 6.02. The van der Waals surface area contributed by atoms with Crippen molar-refractivity contribution >= 4 is 28.4 Å². The van der Waals surface area contributed by atoms with E-state index in [2.05, 4.69) is 58.4 Å². The SMILES string of the molecule is Cc1cc2c(s1)C(N1CCCC1C1=CC=CC(F)C1)CC(c1ccc(N3CCNCC3)cc1)=N2. The van der Waals surface area contributed by atoms with E-state index in [1.807, 2.05) is 17.4 Å². The van der Waals surface area contributed by atoms with E-state index in [0.29, 0.717) is 18.5 Å². The van der Waals surface area contributed by atoms with Gasteiger partial charge in [-0.05, 0) is 55.6 Å². The zero-order valence-electron chi connectivity index (χ0n) is 19.8. The molecule has 0 bridgehead atoms. The first-order chi connectivity index (χ1) is 16.7. The number of benzene rings is 1. The van der Waals surface area contributed by atoms with Crippen LogP contribution < -0.4 is 10.2 Å². The highest BCUT2D eigenvalue weighted by atomic mass is 32.1. The molecule has 4 nitrogen and oxygen atoms in total. The highest BCUT2D eigenvalue weighted by molar-refractivity contribution is 7.12. The Labute approximate surface area is 205 Å². The summed E-state index contributed by atoms with van der Waals surface area (Å²) in [6.07, 6.45) is 8.65. The Morgan fingerprint density at radius 2 is 1.88 bits per heavy atom.